The highest BCUT2D eigenvalue weighted by atomic mass is 35.5. The van der Waals surface area contributed by atoms with Crippen LogP contribution in [0.2, 0.25) is 5.02 Å². The Morgan fingerprint density at radius 3 is 2.86 bits per heavy atom. The maximum Gasteiger partial charge on any atom is 0.340 e. The molecule has 0 spiro atoms. The predicted molar refractivity (Wildman–Crippen MR) is 76.1 cm³/mol. The number of hydrogen-bond donors (Lipinski definition) is 1. The Bertz CT molecular complexity index is 679. The van der Waals surface area contributed by atoms with Gasteiger partial charge < -0.3 is 15.2 Å². The molecule has 0 fully saturated rings. The smallest absolute Gasteiger partial charge is 0.340 e. The van der Waals surface area contributed by atoms with Crippen LogP contribution in [-0.2, 0) is 4.74 Å². The third kappa shape index (κ3) is 3.41. The van der Waals surface area contributed by atoms with Crippen molar-refractivity contribution in [1.29, 1.82) is 0 Å². The second-order valence-electron chi connectivity index (χ2n) is 3.97. The molecular formula is C14H12ClFN2O3. The Kier molecular flexibility index (Phi) is 4.59. The number of nitrogens with two attached hydrogens (primary N) is 1. The number of halogens is 2. The number of nitrogen functional groups attached to an aromatic ring is 1. The summed E-state index contributed by atoms with van der Waals surface area (Å²) in [4.78, 5) is 15.7. The monoisotopic (exact) mass is 310 g/mol. The minimum absolute atomic E-state index is 0.00550. The van der Waals surface area contributed by atoms with Gasteiger partial charge in [-0.2, -0.15) is 0 Å². The van der Waals surface area contributed by atoms with Gasteiger partial charge in [0.1, 0.15) is 17.3 Å². The van der Waals surface area contributed by atoms with E-state index in [9.17, 15) is 9.18 Å². The fourth-order valence-electron chi connectivity index (χ4n) is 1.58. The van der Waals surface area contributed by atoms with Crippen LogP contribution >= 0.6 is 11.6 Å². The summed E-state index contributed by atoms with van der Waals surface area (Å²) in [7, 11) is 0. The topological polar surface area (TPSA) is 74.4 Å². The van der Waals surface area contributed by atoms with E-state index in [4.69, 9.17) is 26.8 Å². The zero-order valence-corrected chi connectivity index (χ0v) is 11.9. The first-order valence-corrected chi connectivity index (χ1v) is 6.45. The number of aromatic nitrogens is 1. The summed E-state index contributed by atoms with van der Waals surface area (Å²) < 4.78 is 23.3. The Hall–Kier alpha value is -2.34. The van der Waals surface area contributed by atoms with Crippen molar-refractivity contribution in [2.75, 3.05) is 12.3 Å². The molecule has 0 unspecified atom stereocenters. The third-order valence-electron chi connectivity index (χ3n) is 2.55. The molecule has 5 nitrogen and oxygen atoms in total. The van der Waals surface area contributed by atoms with E-state index in [0.29, 0.717) is 0 Å². The van der Waals surface area contributed by atoms with E-state index in [2.05, 4.69) is 4.98 Å². The fraction of sp³-hybridized carbons (Fsp3) is 0.143. The van der Waals surface area contributed by atoms with Gasteiger partial charge in [0, 0.05) is 6.20 Å². The molecule has 0 saturated carbocycles. The lowest BCUT2D eigenvalue weighted by atomic mass is 10.2. The number of ether oxygens (including phenoxy) is 2. The maximum atomic E-state index is 13.0. The van der Waals surface area contributed by atoms with Gasteiger partial charge >= 0.3 is 5.97 Å². The summed E-state index contributed by atoms with van der Waals surface area (Å²) in [6, 6.07) is 5.05. The molecule has 0 radical (unpaired) electrons. The van der Waals surface area contributed by atoms with Gasteiger partial charge in [-0.05, 0) is 31.2 Å². The van der Waals surface area contributed by atoms with Crippen molar-refractivity contribution in [3.8, 4) is 11.6 Å². The number of nitrogens with zero attached hydrogens (tertiary/aromatic N) is 1. The number of benzene rings is 1. The molecule has 1 heterocycles. The number of rotatable bonds is 4. The van der Waals surface area contributed by atoms with Crippen molar-refractivity contribution in [3.63, 3.8) is 0 Å². The Morgan fingerprint density at radius 1 is 1.43 bits per heavy atom. The first-order chi connectivity index (χ1) is 10.0. The van der Waals surface area contributed by atoms with Crippen molar-refractivity contribution in [2.24, 2.45) is 0 Å². The van der Waals surface area contributed by atoms with Crippen LogP contribution in [0.1, 0.15) is 17.3 Å². The molecular weight excluding hydrogens is 299 g/mol. The lowest BCUT2D eigenvalue weighted by molar-refractivity contribution is 0.0527. The van der Waals surface area contributed by atoms with Gasteiger partial charge in [0.25, 0.3) is 0 Å². The SMILES string of the molecule is CCOC(=O)c1ccnc(Oc2ccc(F)cc2Cl)c1N. The van der Waals surface area contributed by atoms with E-state index in [1.54, 1.807) is 6.92 Å². The van der Waals surface area contributed by atoms with Gasteiger partial charge in [-0.25, -0.2) is 14.2 Å². The van der Waals surface area contributed by atoms with E-state index >= 15 is 0 Å². The van der Waals surface area contributed by atoms with Crippen molar-refractivity contribution in [3.05, 3.63) is 46.9 Å². The fourth-order valence-corrected chi connectivity index (χ4v) is 1.79. The molecule has 1 aromatic heterocycles. The average molecular weight is 311 g/mol. The molecule has 7 heteroatoms. The molecule has 0 atom stereocenters. The lowest BCUT2D eigenvalue weighted by Crippen LogP contribution is -2.09. The number of hydrogen-bond acceptors (Lipinski definition) is 5. The van der Waals surface area contributed by atoms with Crippen molar-refractivity contribution in [2.45, 2.75) is 6.92 Å². The summed E-state index contributed by atoms with van der Waals surface area (Å²) in [6.45, 7) is 1.91. The molecule has 0 bridgehead atoms. The number of carbonyl (C=O) groups is 1. The van der Waals surface area contributed by atoms with Gasteiger partial charge in [0.05, 0.1) is 17.2 Å². The first kappa shape index (κ1) is 15.1. The third-order valence-corrected chi connectivity index (χ3v) is 2.84. The van der Waals surface area contributed by atoms with Crippen LogP contribution in [0.4, 0.5) is 10.1 Å². The van der Waals surface area contributed by atoms with Crippen molar-refractivity contribution in [1.82, 2.24) is 4.98 Å². The van der Waals surface area contributed by atoms with E-state index in [1.165, 1.54) is 24.4 Å². The summed E-state index contributed by atoms with van der Waals surface area (Å²) in [5.74, 6) is -0.895. The zero-order chi connectivity index (χ0) is 15.4. The number of carbonyl (C=O) groups excluding carboxylic acids is 1. The van der Waals surface area contributed by atoms with Crippen LogP contribution < -0.4 is 10.5 Å². The molecule has 0 amide bonds. The zero-order valence-electron chi connectivity index (χ0n) is 11.1. The molecule has 2 aromatic rings. The molecule has 21 heavy (non-hydrogen) atoms. The van der Waals surface area contributed by atoms with Crippen LogP contribution in [0.5, 0.6) is 11.6 Å². The van der Waals surface area contributed by atoms with Gasteiger partial charge in [-0.15, -0.1) is 0 Å². The second kappa shape index (κ2) is 6.41. The van der Waals surface area contributed by atoms with Crippen LogP contribution in [0.15, 0.2) is 30.5 Å². The molecule has 0 saturated heterocycles. The quantitative estimate of drug-likeness (QED) is 0.876. The number of pyridine rings is 1. The Balaban J connectivity index is 2.32. The van der Waals surface area contributed by atoms with Crippen LogP contribution in [0, 0.1) is 5.82 Å². The second-order valence-corrected chi connectivity index (χ2v) is 4.38. The Labute approximate surface area is 125 Å². The first-order valence-electron chi connectivity index (χ1n) is 6.07. The van der Waals surface area contributed by atoms with Gasteiger partial charge in [0.15, 0.2) is 0 Å². The molecule has 1 aromatic carbocycles. The minimum Gasteiger partial charge on any atom is -0.462 e. The summed E-state index contributed by atoms with van der Waals surface area (Å²) in [5, 5.41) is 0.0673. The minimum atomic E-state index is -0.576. The molecule has 0 aliphatic carbocycles. The predicted octanol–water partition coefficient (Wildman–Crippen LogP) is 3.43. The van der Waals surface area contributed by atoms with E-state index < -0.39 is 11.8 Å². The summed E-state index contributed by atoms with van der Waals surface area (Å²) in [6.07, 6.45) is 1.36. The highest BCUT2D eigenvalue weighted by molar-refractivity contribution is 6.32. The average Bonchev–Trinajstić information content (AvgIpc) is 2.44. The van der Waals surface area contributed by atoms with E-state index in [-0.39, 0.29) is 34.5 Å². The van der Waals surface area contributed by atoms with Crippen LogP contribution in [-0.4, -0.2) is 17.6 Å². The van der Waals surface area contributed by atoms with Gasteiger partial charge in [-0.1, -0.05) is 11.6 Å². The molecule has 0 aliphatic heterocycles. The molecule has 2 N–H and O–H groups in total. The molecule has 0 aliphatic rings. The van der Waals surface area contributed by atoms with Gasteiger partial charge in [0.2, 0.25) is 5.88 Å². The highest BCUT2D eigenvalue weighted by Crippen LogP contribution is 2.32. The largest absolute Gasteiger partial charge is 0.462 e. The highest BCUT2D eigenvalue weighted by Gasteiger charge is 2.16. The Morgan fingerprint density at radius 2 is 2.19 bits per heavy atom. The summed E-state index contributed by atoms with van der Waals surface area (Å²) >= 11 is 5.86. The lowest BCUT2D eigenvalue weighted by Gasteiger charge is -2.11. The van der Waals surface area contributed by atoms with Crippen molar-refractivity contribution >= 4 is 23.3 Å². The maximum absolute atomic E-state index is 13.0. The van der Waals surface area contributed by atoms with E-state index in [1.807, 2.05) is 0 Å². The number of esters is 1. The van der Waals surface area contributed by atoms with Crippen molar-refractivity contribution < 1.29 is 18.7 Å². The molecule has 110 valence electrons. The standard InChI is InChI=1S/C14H12ClFN2O3/c1-2-20-14(19)9-5-6-18-13(12(9)17)21-11-4-3-8(16)7-10(11)15/h3-7H,2,17H2,1H3. The molecule has 2 rings (SSSR count). The number of anilines is 1. The van der Waals surface area contributed by atoms with Crippen LogP contribution in [0.25, 0.3) is 0 Å². The van der Waals surface area contributed by atoms with Crippen LogP contribution in [0.3, 0.4) is 0 Å². The normalized spacial score (nSPS) is 10.2. The van der Waals surface area contributed by atoms with E-state index in [0.717, 1.165) is 6.07 Å². The summed E-state index contributed by atoms with van der Waals surface area (Å²) in [5.41, 5.74) is 6.00. The van der Waals surface area contributed by atoms with Gasteiger partial charge in [-0.3, -0.25) is 0 Å².